The molecule has 6 atom stereocenters. The van der Waals surface area contributed by atoms with E-state index in [4.69, 9.17) is 9.47 Å². The minimum atomic E-state index is -1.14. The Kier molecular flexibility index (Phi) is 5.84. The van der Waals surface area contributed by atoms with Gasteiger partial charge in [0.25, 0.3) is 0 Å². The summed E-state index contributed by atoms with van der Waals surface area (Å²) in [4.78, 5) is 42.2. The number of hydrogen-bond acceptors (Lipinski definition) is 6. The SMILES string of the molecule is CCOC(=O)[C@@H]1[C@H]2C(=O)N([C@H](C)CO)C(C(=O)Nc3ccc4ccccc4c3)C23CC[C@@]1(CC)O3. The highest BCUT2D eigenvalue weighted by molar-refractivity contribution is 6.04. The lowest BCUT2D eigenvalue weighted by Gasteiger charge is -2.36. The smallest absolute Gasteiger partial charge is 0.312 e. The minimum absolute atomic E-state index is 0.200. The molecule has 3 aliphatic rings. The Balaban J connectivity index is 1.55. The second kappa shape index (κ2) is 8.60. The number of fused-ring (bicyclic) bond motifs is 2. The number of ether oxygens (including phenoxy) is 2. The zero-order valence-corrected chi connectivity index (χ0v) is 20.3. The third-order valence-corrected chi connectivity index (χ3v) is 8.16. The lowest BCUT2D eigenvalue weighted by atomic mass is 9.65. The fraction of sp³-hybridized carbons (Fsp3) is 0.519. The number of anilines is 1. The van der Waals surface area contributed by atoms with Crippen molar-refractivity contribution in [2.24, 2.45) is 11.8 Å². The van der Waals surface area contributed by atoms with Gasteiger partial charge in [-0.05, 0) is 56.0 Å². The van der Waals surface area contributed by atoms with Gasteiger partial charge in [0.1, 0.15) is 17.6 Å². The Bertz CT molecular complexity index is 1180. The number of hydrogen-bond donors (Lipinski definition) is 2. The molecule has 3 saturated heterocycles. The fourth-order valence-corrected chi connectivity index (χ4v) is 6.59. The summed E-state index contributed by atoms with van der Waals surface area (Å²) in [5.74, 6) is -2.77. The number of nitrogens with zero attached hydrogens (tertiary/aromatic N) is 1. The minimum Gasteiger partial charge on any atom is -0.466 e. The van der Waals surface area contributed by atoms with Crippen LogP contribution in [0.15, 0.2) is 42.5 Å². The first kappa shape index (κ1) is 23.8. The molecule has 0 radical (unpaired) electrons. The molecule has 1 spiro atoms. The van der Waals surface area contributed by atoms with Gasteiger partial charge in [0.15, 0.2) is 0 Å². The van der Waals surface area contributed by atoms with E-state index < -0.39 is 41.1 Å². The van der Waals surface area contributed by atoms with Crippen molar-refractivity contribution in [3.8, 4) is 0 Å². The normalized spacial score (nSPS) is 32.1. The molecule has 3 aliphatic heterocycles. The summed E-state index contributed by atoms with van der Waals surface area (Å²) in [5.41, 5.74) is -1.37. The highest BCUT2D eigenvalue weighted by Crippen LogP contribution is 2.64. The second-order valence-electron chi connectivity index (χ2n) is 9.91. The van der Waals surface area contributed by atoms with Crippen LogP contribution in [0, 0.1) is 11.8 Å². The number of benzene rings is 2. The summed E-state index contributed by atoms with van der Waals surface area (Å²) in [7, 11) is 0. The third-order valence-electron chi connectivity index (χ3n) is 8.16. The molecule has 8 nitrogen and oxygen atoms in total. The van der Waals surface area contributed by atoms with Gasteiger partial charge in [-0.2, -0.15) is 0 Å². The van der Waals surface area contributed by atoms with Crippen molar-refractivity contribution in [2.75, 3.05) is 18.5 Å². The molecule has 0 saturated carbocycles. The van der Waals surface area contributed by atoms with Gasteiger partial charge in [-0.15, -0.1) is 0 Å². The van der Waals surface area contributed by atoms with E-state index >= 15 is 0 Å². The van der Waals surface area contributed by atoms with Gasteiger partial charge in [0.2, 0.25) is 11.8 Å². The first-order valence-electron chi connectivity index (χ1n) is 12.4. The number of esters is 1. The summed E-state index contributed by atoms with van der Waals surface area (Å²) in [5, 5.41) is 15.0. The highest BCUT2D eigenvalue weighted by atomic mass is 16.6. The van der Waals surface area contributed by atoms with Crippen LogP contribution in [-0.2, 0) is 23.9 Å². The molecular weight excluding hydrogens is 448 g/mol. The maximum atomic E-state index is 13.9. The number of carbonyl (C=O) groups excluding carboxylic acids is 3. The van der Waals surface area contributed by atoms with Gasteiger partial charge < -0.3 is 24.8 Å². The molecular formula is C27H32N2O6. The molecule has 2 aromatic carbocycles. The predicted octanol–water partition coefficient (Wildman–Crippen LogP) is 2.88. The third kappa shape index (κ3) is 3.37. The van der Waals surface area contributed by atoms with Crippen molar-refractivity contribution in [2.45, 2.75) is 63.3 Å². The maximum absolute atomic E-state index is 13.9. The van der Waals surface area contributed by atoms with Crippen LogP contribution in [0.5, 0.6) is 0 Å². The van der Waals surface area contributed by atoms with Gasteiger partial charge in [-0.25, -0.2) is 0 Å². The van der Waals surface area contributed by atoms with Crippen LogP contribution < -0.4 is 5.32 Å². The molecule has 35 heavy (non-hydrogen) atoms. The Morgan fingerprint density at radius 2 is 1.94 bits per heavy atom. The molecule has 2 N–H and O–H groups in total. The Morgan fingerprint density at radius 3 is 2.63 bits per heavy atom. The largest absolute Gasteiger partial charge is 0.466 e. The summed E-state index contributed by atoms with van der Waals surface area (Å²) in [6, 6.07) is 11.9. The summed E-state index contributed by atoms with van der Waals surface area (Å²) in [6.45, 7) is 5.27. The Hall–Kier alpha value is -2.97. The summed E-state index contributed by atoms with van der Waals surface area (Å²) < 4.78 is 12.0. The molecule has 0 aromatic heterocycles. The van der Waals surface area contributed by atoms with Crippen molar-refractivity contribution in [1.29, 1.82) is 0 Å². The second-order valence-corrected chi connectivity index (χ2v) is 9.91. The Morgan fingerprint density at radius 1 is 1.20 bits per heavy atom. The van der Waals surface area contributed by atoms with Crippen LogP contribution in [0.2, 0.25) is 0 Å². The lowest BCUT2D eigenvalue weighted by Crippen LogP contribution is -2.55. The van der Waals surface area contributed by atoms with E-state index in [0.717, 1.165) is 10.8 Å². The van der Waals surface area contributed by atoms with Crippen LogP contribution in [0.3, 0.4) is 0 Å². The number of likely N-dealkylation sites (tertiary alicyclic amines) is 1. The first-order valence-corrected chi connectivity index (χ1v) is 12.4. The van der Waals surface area contributed by atoms with Crippen molar-refractivity contribution < 1.29 is 29.0 Å². The molecule has 2 aromatic rings. The van der Waals surface area contributed by atoms with Crippen molar-refractivity contribution in [1.82, 2.24) is 4.90 Å². The predicted molar refractivity (Wildman–Crippen MR) is 129 cm³/mol. The number of amides is 2. The summed E-state index contributed by atoms with van der Waals surface area (Å²) >= 11 is 0. The number of nitrogens with one attached hydrogen (secondary N) is 1. The van der Waals surface area contributed by atoms with E-state index in [1.165, 1.54) is 4.90 Å². The van der Waals surface area contributed by atoms with Crippen LogP contribution in [-0.4, -0.2) is 64.3 Å². The van der Waals surface area contributed by atoms with E-state index in [-0.39, 0.29) is 25.0 Å². The van der Waals surface area contributed by atoms with Crippen molar-refractivity contribution in [3.05, 3.63) is 42.5 Å². The fourth-order valence-electron chi connectivity index (χ4n) is 6.59. The van der Waals surface area contributed by atoms with Crippen LogP contribution in [0.25, 0.3) is 10.8 Å². The number of aliphatic hydroxyl groups excluding tert-OH is 1. The maximum Gasteiger partial charge on any atom is 0.312 e. The van der Waals surface area contributed by atoms with Gasteiger partial charge in [-0.1, -0.05) is 37.3 Å². The van der Waals surface area contributed by atoms with E-state index in [1.807, 2.05) is 49.4 Å². The van der Waals surface area contributed by atoms with Crippen LogP contribution in [0.1, 0.15) is 40.0 Å². The topological polar surface area (TPSA) is 105 Å². The zero-order chi connectivity index (χ0) is 25.0. The molecule has 3 fully saturated rings. The molecule has 3 heterocycles. The average Bonchev–Trinajstić information content (AvgIpc) is 3.47. The Labute approximate surface area is 204 Å². The van der Waals surface area contributed by atoms with Crippen LogP contribution in [0.4, 0.5) is 5.69 Å². The monoisotopic (exact) mass is 480 g/mol. The van der Waals surface area contributed by atoms with Gasteiger partial charge in [0.05, 0.1) is 30.8 Å². The van der Waals surface area contributed by atoms with Crippen molar-refractivity contribution >= 4 is 34.2 Å². The van der Waals surface area contributed by atoms with Gasteiger partial charge in [-0.3, -0.25) is 14.4 Å². The lowest BCUT2D eigenvalue weighted by molar-refractivity contribution is -0.161. The zero-order valence-electron chi connectivity index (χ0n) is 20.3. The number of rotatable bonds is 7. The van der Waals surface area contributed by atoms with E-state index in [0.29, 0.717) is 24.9 Å². The first-order chi connectivity index (χ1) is 16.8. The molecule has 186 valence electrons. The van der Waals surface area contributed by atoms with E-state index in [2.05, 4.69) is 5.32 Å². The van der Waals surface area contributed by atoms with E-state index in [9.17, 15) is 19.5 Å². The van der Waals surface area contributed by atoms with Crippen LogP contribution >= 0.6 is 0 Å². The average molecular weight is 481 g/mol. The van der Waals surface area contributed by atoms with Gasteiger partial charge >= 0.3 is 5.97 Å². The summed E-state index contributed by atoms with van der Waals surface area (Å²) in [6.07, 6.45) is 1.59. The molecule has 2 bridgehead atoms. The molecule has 2 amide bonds. The number of aliphatic hydroxyl groups is 1. The molecule has 8 heteroatoms. The highest BCUT2D eigenvalue weighted by Gasteiger charge is 2.79. The molecule has 0 aliphatic carbocycles. The quantitative estimate of drug-likeness (QED) is 0.591. The standard InChI is InChI=1S/C27H32N2O6/c1-4-26-12-13-27(35-26)20(21(26)25(33)34-5-2)24(32)29(16(3)15-30)22(27)23(31)28-19-11-10-17-8-6-7-9-18(17)14-19/h6-11,14,16,20-22,30H,4-5,12-13,15H2,1-3H3,(H,28,31)/t16-,20+,21+,22?,26-,27?/m1/s1. The van der Waals surface area contributed by atoms with Gasteiger partial charge in [0, 0.05) is 5.69 Å². The van der Waals surface area contributed by atoms with E-state index in [1.54, 1.807) is 13.8 Å². The molecule has 5 rings (SSSR count). The molecule has 2 unspecified atom stereocenters. The number of carbonyl (C=O) groups is 3. The van der Waals surface area contributed by atoms with Crippen molar-refractivity contribution in [3.63, 3.8) is 0 Å².